The quantitative estimate of drug-likeness (QED) is 0.349. The molecular formula is C28H33ClN6O2. The van der Waals surface area contributed by atoms with Crippen LogP contribution in [0, 0.1) is 10.8 Å². The van der Waals surface area contributed by atoms with Crippen molar-refractivity contribution in [1.82, 2.24) is 10.2 Å². The third-order valence-electron chi connectivity index (χ3n) is 7.69. The van der Waals surface area contributed by atoms with Crippen LogP contribution in [0.5, 0.6) is 5.75 Å². The normalized spacial score (nSPS) is 17.2. The van der Waals surface area contributed by atoms with Gasteiger partial charge in [-0.3, -0.25) is 0 Å². The van der Waals surface area contributed by atoms with E-state index < -0.39 is 0 Å². The highest BCUT2D eigenvalue weighted by Gasteiger charge is 2.45. The summed E-state index contributed by atoms with van der Waals surface area (Å²) in [5, 5.41) is 32.5. The van der Waals surface area contributed by atoms with Crippen molar-refractivity contribution in [2.45, 2.75) is 38.3 Å². The Morgan fingerprint density at radius 1 is 1.19 bits per heavy atom. The number of rotatable bonds is 8. The number of aliphatic hydroxyl groups excluding tert-OH is 1. The number of benzene rings is 2. The SMILES string of the molecule is COc1ccc(CNc2nnc(N3CCC4(CC3)CC(O)C4)c3ccc(N(C)/C=C\C=N)cc23)cc1Cl. The van der Waals surface area contributed by atoms with Crippen molar-refractivity contribution < 1.29 is 9.84 Å². The van der Waals surface area contributed by atoms with Gasteiger partial charge in [0, 0.05) is 55.6 Å². The summed E-state index contributed by atoms with van der Waals surface area (Å²) in [5.41, 5.74) is 2.30. The Labute approximate surface area is 222 Å². The Bertz CT molecular complexity index is 1310. The van der Waals surface area contributed by atoms with E-state index in [9.17, 15) is 5.11 Å². The zero-order chi connectivity index (χ0) is 26.0. The van der Waals surface area contributed by atoms with Crippen molar-refractivity contribution >= 4 is 45.9 Å². The van der Waals surface area contributed by atoms with Gasteiger partial charge in [-0.2, -0.15) is 0 Å². The maximum atomic E-state index is 9.84. The summed E-state index contributed by atoms with van der Waals surface area (Å²) < 4.78 is 5.27. The third kappa shape index (κ3) is 5.22. The predicted molar refractivity (Wildman–Crippen MR) is 150 cm³/mol. The van der Waals surface area contributed by atoms with E-state index in [4.69, 9.17) is 21.7 Å². The molecule has 37 heavy (non-hydrogen) atoms. The molecule has 1 saturated carbocycles. The Kier molecular flexibility index (Phi) is 7.22. The highest BCUT2D eigenvalue weighted by Crippen LogP contribution is 2.49. The van der Waals surface area contributed by atoms with E-state index in [1.807, 2.05) is 36.3 Å². The lowest BCUT2D eigenvalue weighted by Gasteiger charge is -2.50. The molecule has 1 aromatic heterocycles. The van der Waals surface area contributed by atoms with Crippen molar-refractivity contribution in [3.8, 4) is 5.75 Å². The number of nitrogens with one attached hydrogen (secondary N) is 2. The number of halogens is 1. The predicted octanol–water partition coefficient (Wildman–Crippen LogP) is 5.24. The second kappa shape index (κ2) is 10.6. The Balaban J connectivity index is 1.45. The van der Waals surface area contributed by atoms with E-state index in [2.05, 4.69) is 38.6 Å². The molecule has 5 rings (SSSR count). The van der Waals surface area contributed by atoms with Crippen LogP contribution in [0.4, 0.5) is 17.3 Å². The first-order valence-corrected chi connectivity index (χ1v) is 13.0. The summed E-state index contributed by atoms with van der Waals surface area (Å²) in [6.45, 7) is 2.36. The van der Waals surface area contributed by atoms with Gasteiger partial charge < -0.3 is 30.4 Å². The van der Waals surface area contributed by atoms with Gasteiger partial charge in [0.1, 0.15) is 5.75 Å². The molecule has 0 unspecified atom stereocenters. The molecule has 1 aliphatic carbocycles. The van der Waals surface area contributed by atoms with E-state index in [1.165, 1.54) is 6.21 Å². The molecule has 1 saturated heterocycles. The Hall–Kier alpha value is -3.36. The standard InChI is InChI=1S/C28H33ClN6O2/c1-34(11-3-10-30)20-5-6-22-23(15-20)26(31-18-19-4-7-25(37-2)24(29)14-19)32-33-27(22)35-12-8-28(9-13-35)16-21(36)17-28/h3-7,10-11,14-15,21,30,36H,8-9,12-13,16-18H2,1-2H3,(H,31,32)/b11-3-,30-10?. The van der Waals surface area contributed by atoms with Crippen molar-refractivity contribution in [3.05, 3.63) is 59.3 Å². The van der Waals surface area contributed by atoms with Gasteiger partial charge in [-0.1, -0.05) is 17.7 Å². The molecule has 194 valence electrons. The summed E-state index contributed by atoms with van der Waals surface area (Å²) in [5.74, 6) is 2.24. The summed E-state index contributed by atoms with van der Waals surface area (Å²) in [6, 6.07) is 12.0. The number of allylic oxidation sites excluding steroid dienone is 1. The molecule has 3 aromatic rings. The van der Waals surface area contributed by atoms with Gasteiger partial charge in [0.2, 0.25) is 0 Å². The van der Waals surface area contributed by atoms with Crippen LogP contribution in [0.15, 0.2) is 48.7 Å². The molecule has 0 bridgehead atoms. The lowest BCUT2D eigenvalue weighted by molar-refractivity contribution is -0.0464. The molecule has 1 spiro atoms. The van der Waals surface area contributed by atoms with Crippen molar-refractivity contribution in [2.24, 2.45) is 5.41 Å². The minimum absolute atomic E-state index is 0.129. The summed E-state index contributed by atoms with van der Waals surface area (Å²) in [6.07, 6.45) is 8.66. The summed E-state index contributed by atoms with van der Waals surface area (Å²) in [7, 11) is 3.56. The zero-order valence-electron chi connectivity index (χ0n) is 21.2. The number of fused-ring (bicyclic) bond motifs is 1. The zero-order valence-corrected chi connectivity index (χ0v) is 22.0. The van der Waals surface area contributed by atoms with Crippen LogP contribution in [-0.4, -0.2) is 54.9 Å². The van der Waals surface area contributed by atoms with E-state index in [0.717, 1.165) is 66.6 Å². The molecule has 2 fully saturated rings. The number of piperidine rings is 1. The van der Waals surface area contributed by atoms with Gasteiger partial charge in [0.05, 0.1) is 18.2 Å². The fraction of sp³-hybridized carbons (Fsp3) is 0.393. The van der Waals surface area contributed by atoms with Crippen molar-refractivity contribution in [3.63, 3.8) is 0 Å². The first-order valence-electron chi connectivity index (χ1n) is 12.6. The smallest absolute Gasteiger partial charge is 0.159 e. The maximum absolute atomic E-state index is 9.84. The average Bonchev–Trinajstić information content (AvgIpc) is 2.90. The maximum Gasteiger partial charge on any atom is 0.159 e. The van der Waals surface area contributed by atoms with Crippen LogP contribution < -0.4 is 19.9 Å². The Morgan fingerprint density at radius 2 is 1.97 bits per heavy atom. The molecule has 1 aliphatic heterocycles. The topological polar surface area (TPSA) is 97.6 Å². The van der Waals surface area contributed by atoms with E-state index in [1.54, 1.807) is 13.2 Å². The molecule has 0 radical (unpaired) electrons. The lowest BCUT2D eigenvalue weighted by atomic mass is 9.61. The minimum Gasteiger partial charge on any atom is -0.495 e. The molecule has 2 aliphatic rings. The molecule has 8 nitrogen and oxygen atoms in total. The van der Waals surface area contributed by atoms with Gasteiger partial charge in [-0.05, 0) is 73.1 Å². The number of methoxy groups -OCH3 is 1. The molecule has 3 N–H and O–H groups in total. The van der Waals surface area contributed by atoms with Crippen molar-refractivity contribution in [2.75, 3.05) is 42.4 Å². The summed E-state index contributed by atoms with van der Waals surface area (Å²) >= 11 is 6.33. The van der Waals surface area contributed by atoms with E-state index in [0.29, 0.717) is 28.5 Å². The lowest BCUT2D eigenvalue weighted by Crippen LogP contribution is -2.49. The van der Waals surface area contributed by atoms with Crippen LogP contribution in [0.25, 0.3) is 10.8 Å². The van der Waals surface area contributed by atoms with Crippen LogP contribution in [0.1, 0.15) is 31.2 Å². The highest BCUT2D eigenvalue weighted by molar-refractivity contribution is 6.32. The minimum atomic E-state index is -0.129. The number of aliphatic hydroxyl groups is 1. The first kappa shape index (κ1) is 25.3. The number of anilines is 3. The second-order valence-electron chi connectivity index (χ2n) is 10.1. The van der Waals surface area contributed by atoms with Crippen molar-refractivity contribution in [1.29, 1.82) is 5.41 Å². The average molecular weight is 521 g/mol. The monoisotopic (exact) mass is 520 g/mol. The van der Waals surface area contributed by atoms with Crippen LogP contribution in [-0.2, 0) is 6.54 Å². The number of ether oxygens (including phenoxy) is 1. The van der Waals surface area contributed by atoms with Crippen LogP contribution in [0.3, 0.4) is 0 Å². The third-order valence-corrected chi connectivity index (χ3v) is 7.99. The van der Waals surface area contributed by atoms with Gasteiger partial charge in [0.25, 0.3) is 0 Å². The van der Waals surface area contributed by atoms with Gasteiger partial charge in [-0.25, -0.2) is 0 Å². The second-order valence-corrected chi connectivity index (χ2v) is 10.5. The van der Waals surface area contributed by atoms with Crippen LogP contribution >= 0.6 is 11.6 Å². The number of aromatic nitrogens is 2. The van der Waals surface area contributed by atoms with E-state index in [-0.39, 0.29) is 6.10 Å². The van der Waals surface area contributed by atoms with Gasteiger partial charge in [0.15, 0.2) is 11.6 Å². The molecule has 2 aromatic carbocycles. The largest absolute Gasteiger partial charge is 0.495 e. The molecule has 2 heterocycles. The fourth-order valence-corrected chi connectivity index (χ4v) is 5.80. The summed E-state index contributed by atoms with van der Waals surface area (Å²) in [4.78, 5) is 4.31. The number of hydrogen-bond acceptors (Lipinski definition) is 8. The first-order chi connectivity index (χ1) is 17.9. The molecular weight excluding hydrogens is 488 g/mol. The molecule has 0 atom stereocenters. The number of hydrogen-bond donors (Lipinski definition) is 3. The van der Waals surface area contributed by atoms with E-state index >= 15 is 0 Å². The van der Waals surface area contributed by atoms with Crippen LogP contribution in [0.2, 0.25) is 5.02 Å². The Morgan fingerprint density at radius 3 is 2.65 bits per heavy atom. The number of nitrogens with zero attached hydrogens (tertiary/aromatic N) is 4. The fourth-order valence-electron chi connectivity index (χ4n) is 5.52. The van der Waals surface area contributed by atoms with Gasteiger partial charge in [-0.15, -0.1) is 10.2 Å². The highest BCUT2D eigenvalue weighted by atomic mass is 35.5. The van der Waals surface area contributed by atoms with Gasteiger partial charge >= 0.3 is 0 Å². The molecule has 9 heteroatoms. The molecule has 0 amide bonds.